The minimum atomic E-state index is -1.54. The highest BCUT2D eigenvalue weighted by molar-refractivity contribution is 7.42. The normalized spacial score (nSPS) is 13.4. The van der Waals surface area contributed by atoms with Crippen molar-refractivity contribution in [3.63, 3.8) is 0 Å². The molecule has 0 fully saturated rings. The summed E-state index contributed by atoms with van der Waals surface area (Å²) in [5.74, 6) is 2.51. The van der Waals surface area contributed by atoms with Crippen LogP contribution in [0.2, 0.25) is 0 Å². The van der Waals surface area contributed by atoms with Gasteiger partial charge in [0.1, 0.15) is 17.2 Å². The van der Waals surface area contributed by atoms with Gasteiger partial charge in [-0.15, -0.1) is 0 Å². The van der Waals surface area contributed by atoms with Crippen LogP contribution in [0.3, 0.4) is 0 Å². The van der Waals surface area contributed by atoms with E-state index in [1.54, 1.807) is 42.7 Å². The molecule has 3 aromatic carbocycles. The lowest BCUT2D eigenvalue weighted by Crippen LogP contribution is -2.18. The van der Waals surface area contributed by atoms with Crippen LogP contribution in [0.5, 0.6) is 17.2 Å². The Balaban J connectivity index is 2.38. The molecular weight excluding hydrogens is 753 g/mol. The Morgan fingerprint density at radius 1 is 0.436 bits per heavy atom. The van der Waals surface area contributed by atoms with Gasteiger partial charge >= 0.3 is 25.8 Å². The second-order valence-electron chi connectivity index (χ2n) is 17.1. The van der Waals surface area contributed by atoms with Crippen LogP contribution >= 0.6 is 25.8 Å². The smallest absolute Gasteiger partial charge is 0.396 e. The molecule has 3 aromatic rings. The largest absolute Gasteiger partial charge is 0.426 e. The first-order valence-corrected chi connectivity index (χ1v) is 22.0. The summed E-state index contributed by atoms with van der Waals surface area (Å²) in [5.41, 5.74) is 9.84. The average Bonchev–Trinajstić information content (AvgIpc) is 3.09. The van der Waals surface area contributed by atoms with E-state index < -0.39 is 25.8 Å². The fourth-order valence-corrected chi connectivity index (χ4v) is 8.78. The van der Waals surface area contributed by atoms with Crippen molar-refractivity contribution in [2.45, 2.75) is 125 Å². The third-order valence-corrected chi connectivity index (χ3v) is 12.6. The average molecular weight is 821 g/mol. The Labute approximate surface area is 336 Å². The third kappa shape index (κ3) is 12.1. The van der Waals surface area contributed by atoms with Crippen molar-refractivity contribution < 1.29 is 40.7 Å². The first kappa shape index (κ1) is 47.5. The van der Waals surface area contributed by atoms with Gasteiger partial charge in [-0.1, -0.05) is 87.4 Å². The van der Waals surface area contributed by atoms with Crippen LogP contribution < -0.4 is 13.6 Å². The molecule has 0 aliphatic rings. The first-order chi connectivity index (χ1) is 25.5. The van der Waals surface area contributed by atoms with E-state index >= 15 is 0 Å². The minimum Gasteiger partial charge on any atom is -0.426 e. The van der Waals surface area contributed by atoms with Gasteiger partial charge in [0.05, 0.1) is 0 Å². The molecule has 0 saturated heterocycles. The highest BCUT2D eigenvalue weighted by atomic mass is 31.2. The van der Waals surface area contributed by atoms with Crippen LogP contribution in [0.1, 0.15) is 138 Å². The lowest BCUT2D eigenvalue weighted by molar-refractivity contribution is 0.274. The van der Waals surface area contributed by atoms with Crippen molar-refractivity contribution >= 4 is 25.8 Å². The molecule has 12 heteroatoms. The molecule has 1 atom stereocenters. The highest BCUT2D eigenvalue weighted by Gasteiger charge is 2.32. The Hall–Kier alpha value is -1.89. The van der Waals surface area contributed by atoms with E-state index in [9.17, 15) is 0 Å². The maximum Gasteiger partial charge on any atom is 0.396 e. The molecule has 0 radical (unpaired) electrons. The van der Waals surface area contributed by atoms with Crippen molar-refractivity contribution in [1.82, 2.24) is 0 Å². The predicted octanol–water partition coefficient (Wildman–Crippen LogP) is 13.5. The maximum absolute atomic E-state index is 6.37. The molecule has 0 spiro atoms. The Kier molecular flexibility index (Phi) is 17.0. The minimum absolute atomic E-state index is 0.0151. The molecule has 0 aliphatic heterocycles. The molecule has 0 N–H and O–H groups in total. The zero-order chi connectivity index (χ0) is 41.6. The van der Waals surface area contributed by atoms with Crippen LogP contribution in [0.4, 0.5) is 0 Å². The van der Waals surface area contributed by atoms with E-state index in [-0.39, 0.29) is 28.1 Å². The number of hydrogen-bond acceptors (Lipinski definition) is 9. The van der Waals surface area contributed by atoms with Gasteiger partial charge in [0, 0.05) is 65.3 Å². The molecular formula is C43H67O9P3. The number of benzene rings is 3. The monoisotopic (exact) mass is 820 g/mol. The third-order valence-electron chi connectivity index (χ3n) is 9.81. The topological polar surface area (TPSA) is 83.1 Å². The van der Waals surface area contributed by atoms with E-state index in [0.717, 1.165) is 57.1 Å². The van der Waals surface area contributed by atoms with Gasteiger partial charge in [-0.05, 0) is 101 Å². The van der Waals surface area contributed by atoms with Crippen LogP contribution in [-0.2, 0) is 43.4 Å². The summed E-state index contributed by atoms with van der Waals surface area (Å²) < 4.78 is 52.2. The van der Waals surface area contributed by atoms with Crippen molar-refractivity contribution in [3.8, 4) is 17.2 Å². The van der Waals surface area contributed by atoms with E-state index in [0.29, 0.717) is 0 Å². The molecule has 0 bridgehead atoms. The second kappa shape index (κ2) is 19.7. The molecule has 9 nitrogen and oxygen atoms in total. The molecule has 308 valence electrons. The lowest BCUT2D eigenvalue weighted by atomic mass is 9.74. The number of aryl methyl sites for hydroxylation is 3. The van der Waals surface area contributed by atoms with Gasteiger partial charge in [0.25, 0.3) is 0 Å². The van der Waals surface area contributed by atoms with Gasteiger partial charge in [-0.25, -0.2) is 0 Å². The van der Waals surface area contributed by atoms with Gasteiger partial charge < -0.3 is 40.7 Å². The van der Waals surface area contributed by atoms with Crippen LogP contribution in [0.15, 0.2) is 36.4 Å². The summed E-state index contributed by atoms with van der Waals surface area (Å²) in [7, 11) is 5.04. The zero-order valence-electron chi connectivity index (χ0n) is 36.8. The van der Waals surface area contributed by atoms with Crippen molar-refractivity contribution in [3.05, 3.63) is 86.5 Å². The molecule has 0 aliphatic carbocycles. The molecule has 55 heavy (non-hydrogen) atoms. The maximum atomic E-state index is 6.37. The van der Waals surface area contributed by atoms with E-state index in [4.69, 9.17) is 40.7 Å². The summed E-state index contributed by atoms with van der Waals surface area (Å²) in [6.07, 6.45) is 0.842. The summed E-state index contributed by atoms with van der Waals surface area (Å²) in [4.78, 5) is 0. The van der Waals surface area contributed by atoms with E-state index in [1.807, 2.05) is 0 Å². The molecule has 0 saturated carbocycles. The zero-order valence-corrected chi connectivity index (χ0v) is 39.5. The second-order valence-corrected chi connectivity index (χ2v) is 21.2. The van der Waals surface area contributed by atoms with Crippen LogP contribution in [0, 0.1) is 20.8 Å². The van der Waals surface area contributed by atoms with Gasteiger partial charge in [-0.3, -0.25) is 0 Å². The van der Waals surface area contributed by atoms with Crippen LogP contribution in [0.25, 0.3) is 0 Å². The Bertz CT molecular complexity index is 1630. The summed E-state index contributed by atoms with van der Waals surface area (Å²) >= 11 is 0. The van der Waals surface area contributed by atoms with E-state index in [1.165, 1.54) is 16.7 Å². The summed E-state index contributed by atoms with van der Waals surface area (Å²) in [6, 6.07) is 13.5. The van der Waals surface area contributed by atoms with Gasteiger partial charge in [-0.2, -0.15) is 0 Å². The molecule has 0 heterocycles. The Morgan fingerprint density at radius 3 is 0.945 bits per heavy atom. The molecule has 0 amide bonds. The van der Waals surface area contributed by atoms with Gasteiger partial charge in [0.15, 0.2) is 0 Å². The van der Waals surface area contributed by atoms with Crippen LogP contribution in [-0.4, -0.2) is 42.7 Å². The van der Waals surface area contributed by atoms with Crippen molar-refractivity contribution in [1.29, 1.82) is 0 Å². The SMILES string of the molecule is COP(OC)Oc1cc(C)c(C(C)CC(c2cc(C(C)(C)C)c(OP(OC)OC)cc2C)c2cc(C(C)(C)C)c(OP(OC)OC)cc2C)cc1C(C)(C)C. The summed E-state index contributed by atoms with van der Waals surface area (Å²) in [6.45, 7) is 28.8. The fourth-order valence-electron chi connectivity index (χ4n) is 6.95. The molecule has 1 unspecified atom stereocenters. The lowest BCUT2D eigenvalue weighted by Gasteiger charge is -2.32. The molecule has 0 aromatic heterocycles. The highest BCUT2D eigenvalue weighted by Crippen LogP contribution is 2.50. The number of hydrogen-bond donors (Lipinski definition) is 0. The quantitative estimate of drug-likeness (QED) is 0.124. The summed E-state index contributed by atoms with van der Waals surface area (Å²) in [5, 5.41) is 0. The first-order valence-electron chi connectivity index (χ1n) is 18.7. The van der Waals surface area contributed by atoms with Gasteiger partial charge in [0.2, 0.25) is 0 Å². The predicted molar refractivity (Wildman–Crippen MR) is 229 cm³/mol. The standard InChI is InChI=1S/C43H67O9P3/c1-27(31-24-35(41(5,6)7)38(21-28(31)2)50-53(44-14)45-15)20-34(32-25-36(42(8,9)10)39(22-29(32)3)51-54(46-16)47-17)33-26-37(43(11,12)13)40(23-30(33)4)52-55(48-18)49-19/h21-27,34H,20H2,1-19H3. The van der Waals surface area contributed by atoms with Crippen molar-refractivity contribution in [2.24, 2.45) is 0 Å². The fraction of sp³-hybridized carbons (Fsp3) is 0.581. The number of rotatable bonds is 17. The molecule has 3 rings (SSSR count). The Morgan fingerprint density at radius 2 is 0.691 bits per heavy atom. The van der Waals surface area contributed by atoms with Crippen molar-refractivity contribution in [2.75, 3.05) is 42.7 Å². The van der Waals surface area contributed by atoms with E-state index in [2.05, 4.69) is 126 Å².